The van der Waals surface area contributed by atoms with Gasteiger partial charge in [0.25, 0.3) is 0 Å². The quantitative estimate of drug-likeness (QED) is 0.750. The summed E-state index contributed by atoms with van der Waals surface area (Å²) in [5.41, 5.74) is 3.43. The minimum absolute atomic E-state index is 0.0868. The van der Waals surface area contributed by atoms with Gasteiger partial charge in [0.05, 0.1) is 7.11 Å². The Morgan fingerprint density at radius 2 is 1.78 bits per heavy atom. The van der Waals surface area contributed by atoms with E-state index in [1.807, 2.05) is 6.07 Å². The van der Waals surface area contributed by atoms with E-state index in [0.717, 1.165) is 16.8 Å². The van der Waals surface area contributed by atoms with Gasteiger partial charge in [0.15, 0.2) is 0 Å². The zero-order valence-electron chi connectivity index (χ0n) is 11.9. The van der Waals surface area contributed by atoms with Crippen LogP contribution in [-0.2, 0) is 9.31 Å². The van der Waals surface area contributed by atoms with Crippen molar-refractivity contribution < 1.29 is 14.0 Å². The molecular formula is C14H21BO3. The summed E-state index contributed by atoms with van der Waals surface area (Å²) in [4.78, 5) is 0. The fourth-order valence-electron chi connectivity index (χ4n) is 2.14. The van der Waals surface area contributed by atoms with Gasteiger partial charge in [-0.25, -0.2) is 0 Å². The Balaban J connectivity index is 2.27. The maximum Gasteiger partial charge on any atom is 0.497 e. The van der Waals surface area contributed by atoms with Gasteiger partial charge in [-0.1, -0.05) is 26.0 Å². The van der Waals surface area contributed by atoms with Gasteiger partial charge >= 0.3 is 7.12 Å². The number of hydrogen-bond acceptors (Lipinski definition) is 3. The Morgan fingerprint density at radius 3 is 2.33 bits per heavy atom. The zero-order valence-corrected chi connectivity index (χ0v) is 11.9. The molecular weight excluding hydrogens is 227 g/mol. The summed E-state index contributed by atoms with van der Waals surface area (Å²) < 4.78 is 17.1. The predicted molar refractivity (Wildman–Crippen MR) is 73.5 cm³/mol. The van der Waals surface area contributed by atoms with Gasteiger partial charge in [0.1, 0.15) is 5.75 Å². The average Bonchev–Trinajstić information content (AvgIpc) is 2.33. The normalized spacial score (nSPS) is 18.8. The molecule has 1 aliphatic rings. The molecule has 1 aromatic carbocycles. The van der Waals surface area contributed by atoms with Gasteiger partial charge in [-0.05, 0) is 25.0 Å². The SMILES string of the molecule is COc1c(B2OCC(C)(C)CO2)ccc(C)c1C. The van der Waals surface area contributed by atoms with Crippen LogP contribution >= 0.6 is 0 Å². The van der Waals surface area contributed by atoms with Gasteiger partial charge in [-0.2, -0.15) is 0 Å². The van der Waals surface area contributed by atoms with Crippen molar-refractivity contribution in [3.63, 3.8) is 0 Å². The Labute approximate surface area is 110 Å². The Bertz CT molecular complexity index is 433. The molecule has 0 aromatic heterocycles. The van der Waals surface area contributed by atoms with E-state index < -0.39 is 0 Å². The molecule has 0 radical (unpaired) electrons. The van der Waals surface area contributed by atoms with Crippen molar-refractivity contribution in [2.24, 2.45) is 5.41 Å². The van der Waals surface area contributed by atoms with Gasteiger partial charge in [-0.15, -0.1) is 0 Å². The monoisotopic (exact) mass is 248 g/mol. The van der Waals surface area contributed by atoms with Crippen LogP contribution in [0, 0.1) is 19.3 Å². The summed E-state index contributed by atoms with van der Waals surface area (Å²) in [5.74, 6) is 0.875. The molecule has 1 aliphatic heterocycles. The van der Waals surface area contributed by atoms with Crippen molar-refractivity contribution in [3.8, 4) is 5.75 Å². The molecule has 98 valence electrons. The predicted octanol–water partition coefficient (Wildman–Crippen LogP) is 2.08. The van der Waals surface area contributed by atoms with Crippen LogP contribution in [0.25, 0.3) is 0 Å². The third-order valence-electron chi connectivity index (χ3n) is 3.42. The van der Waals surface area contributed by atoms with Gasteiger partial charge in [0.2, 0.25) is 0 Å². The van der Waals surface area contributed by atoms with Crippen molar-refractivity contribution in [1.29, 1.82) is 0 Å². The van der Waals surface area contributed by atoms with Gasteiger partial charge in [-0.3, -0.25) is 0 Å². The van der Waals surface area contributed by atoms with E-state index in [2.05, 4.69) is 33.8 Å². The lowest BCUT2D eigenvalue weighted by Crippen LogP contribution is -2.47. The first-order valence-corrected chi connectivity index (χ1v) is 6.32. The molecule has 0 aliphatic carbocycles. The minimum Gasteiger partial charge on any atom is -0.497 e. The van der Waals surface area contributed by atoms with E-state index in [4.69, 9.17) is 14.0 Å². The molecule has 4 heteroatoms. The molecule has 1 heterocycles. The van der Waals surface area contributed by atoms with Crippen LogP contribution in [0.2, 0.25) is 0 Å². The second-order valence-electron chi connectivity index (χ2n) is 5.75. The zero-order chi connectivity index (χ0) is 13.3. The number of rotatable bonds is 2. The summed E-state index contributed by atoms with van der Waals surface area (Å²) in [6, 6.07) is 4.11. The summed E-state index contributed by atoms with van der Waals surface area (Å²) in [6.45, 7) is 9.82. The van der Waals surface area contributed by atoms with Crippen LogP contribution in [0.1, 0.15) is 25.0 Å². The third-order valence-corrected chi connectivity index (χ3v) is 3.42. The van der Waals surface area contributed by atoms with Crippen LogP contribution < -0.4 is 10.2 Å². The summed E-state index contributed by atoms with van der Waals surface area (Å²) >= 11 is 0. The highest BCUT2D eigenvalue weighted by Gasteiger charge is 2.35. The smallest absolute Gasteiger partial charge is 0.497 e. The summed E-state index contributed by atoms with van der Waals surface area (Å²) in [7, 11) is 1.38. The molecule has 1 fully saturated rings. The van der Waals surface area contributed by atoms with E-state index in [1.165, 1.54) is 5.56 Å². The fourth-order valence-corrected chi connectivity index (χ4v) is 2.14. The fraction of sp³-hybridized carbons (Fsp3) is 0.571. The molecule has 2 rings (SSSR count). The van der Waals surface area contributed by atoms with E-state index in [1.54, 1.807) is 7.11 Å². The van der Waals surface area contributed by atoms with Crippen LogP contribution in [0.15, 0.2) is 12.1 Å². The van der Waals surface area contributed by atoms with Crippen LogP contribution in [0.3, 0.4) is 0 Å². The molecule has 0 bridgehead atoms. The lowest BCUT2D eigenvalue weighted by molar-refractivity contribution is 0.0341. The van der Waals surface area contributed by atoms with Crippen molar-refractivity contribution in [3.05, 3.63) is 23.3 Å². The number of hydrogen-bond donors (Lipinski definition) is 0. The molecule has 18 heavy (non-hydrogen) atoms. The number of methoxy groups -OCH3 is 1. The highest BCUT2D eigenvalue weighted by molar-refractivity contribution is 6.62. The molecule has 0 atom stereocenters. The molecule has 0 spiro atoms. The van der Waals surface area contributed by atoms with E-state index in [0.29, 0.717) is 13.2 Å². The number of benzene rings is 1. The average molecular weight is 248 g/mol. The lowest BCUT2D eigenvalue weighted by atomic mass is 9.74. The van der Waals surface area contributed by atoms with Crippen molar-refractivity contribution in [1.82, 2.24) is 0 Å². The Kier molecular flexibility index (Phi) is 3.69. The van der Waals surface area contributed by atoms with Crippen LogP contribution in [0.4, 0.5) is 0 Å². The maximum absolute atomic E-state index is 5.81. The highest BCUT2D eigenvalue weighted by atomic mass is 16.6. The van der Waals surface area contributed by atoms with Gasteiger partial charge in [0, 0.05) is 24.1 Å². The van der Waals surface area contributed by atoms with Crippen molar-refractivity contribution in [2.75, 3.05) is 20.3 Å². The van der Waals surface area contributed by atoms with Crippen molar-refractivity contribution >= 4 is 12.6 Å². The van der Waals surface area contributed by atoms with E-state index >= 15 is 0 Å². The largest absolute Gasteiger partial charge is 0.497 e. The molecule has 0 saturated carbocycles. The van der Waals surface area contributed by atoms with E-state index in [9.17, 15) is 0 Å². The lowest BCUT2D eigenvalue weighted by Gasteiger charge is -2.33. The molecule has 3 nitrogen and oxygen atoms in total. The molecule has 0 unspecified atom stereocenters. The highest BCUT2D eigenvalue weighted by Crippen LogP contribution is 2.25. The Morgan fingerprint density at radius 1 is 1.17 bits per heavy atom. The standard InChI is InChI=1S/C14H21BO3/c1-10-6-7-12(13(16-5)11(10)2)15-17-8-14(3,4)9-18-15/h6-7H,8-9H2,1-5H3. The maximum atomic E-state index is 5.81. The first-order valence-electron chi connectivity index (χ1n) is 6.32. The summed E-state index contributed by atoms with van der Waals surface area (Å²) in [5, 5.41) is 0. The molecule has 0 N–H and O–H groups in total. The molecule has 0 amide bonds. The third kappa shape index (κ3) is 2.55. The van der Waals surface area contributed by atoms with Crippen LogP contribution in [0.5, 0.6) is 5.75 Å². The second-order valence-corrected chi connectivity index (χ2v) is 5.75. The second kappa shape index (κ2) is 4.94. The Hall–Kier alpha value is -0.995. The van der Waals surface area contributed by atoms with Gasteiger partial charge < -0.3 is 14.0 Å². The minimum atomic E-state index is -0.313. The van der Waals surface area contributed by atoms with Crippen molar-refractivity contribution in [2.45, 2.75) is 27.7 Å². The molecule has 1 saturated heterocycles. The first kappa shape index (κ1) is 13.4. The van der Waals surface area contributed by atoms with E-state index in [-0.39, 0.29) is 12.5 Å². The first-order chi connectivity index (χ1) is 8.44. The molecule has 1 aromatic rings. The topological polar surface area (TPSA) is 27.7 Å². The van der Waals surface area contributed by atoms with Crippen LogP contribution in [-0.4, -0.2) is 27.4 Å². The summed E-state index contributed by atoms with van der Waals surface area (Å²) in [6.07, 6.45) is 0. The number of aryl methyl sites for hydroxylation is 1. The number of ether oxygens (including phenoxy) is 1.